The number of fused-ring (bicyclic) bond motifs is 1. The number of nitrogens with one attached hydrogen (secondary N) is 1. The SMILES string of the molecule is CCOc1cc(C)c(-c2nc3ccccc3c(=O)n2N=Cc2cc(Cl)c(OCC(=O)Nc3ccccc3C)c(Cl)c2)cc1C(C)C. The van der Waals surface area contributed by atoms with Crippen LogP contribution in [0.15, 0.2) is 82.7 Å². The summed E-state index contributed by atoms with van der Waals surface area (Å²) < 4.78 is 12.9. The molecule has 1 aromatic heterocycles. The molecule has 0 saturated carbocycles. The Labute approximate surface area is 277 Å². The number of anilines is 1. The van der Waals surface area contributed by atoms with Gasteiger partial charge in [0, 0.05) is 11.3 Å². The van der Waals surface area contributed by atoms with E-state index in [4.69, 9.17) is 37.7 Å². The molecule has 5 aromatic rings. The second-order valence-corrected chi connectivity index (χ2v) is 11.9. The van der Waals surface area contributed by atoms with Crippen molar-refractivity contribution in [2.75, 3.05) is 18.5 Å². The molecule has 0 aliphatic rings. The van der Waals surface area contributed by atoms with Crippen LogP contribution in [-0.2, 0) is 4.79 Å². The monoisotopic (exact) mass is 656 g/mol. The molecule has 4 aromatic carbocycles. The summed E-state index contributed by atoms with van der Waals surface area (Å²) in [6, 6.07) is 21.8. The number of carbonyl (C=O) groups is 1. The van der Waals surface area contributed by atoms with Gasteiger partial charge in [-0.1, -0.05) is 67.4 Å². The van der Waals surface area contributed by atoms with E-state index < -0.39 is 0 Å². The highest BCUT2D eigenvalue weighted by molar-refractivity contribution is 6.37. The molecular weight excluding hydrogens is 623 g/mol. The van der Waals surface area contributed by atoms with E-state index in [0.717, 1.165) is 28.0 Å². The first-order valence-corrected chi connectivity index (χ1v) is 15.6. The fourth-order valence-corrected chi connectivity index (χ4v) is 5.64. The molecule has 0 fully saturated rings. The molecule has 0 saturated heterocycles. The third-order valence-electron chi connectivity index (χ3n) is 7.38. The molecule has 1 heterocycles. The minimum atomic E-state index is -0.354. The maximum absolute atomic E-state index is 13.8. The zero-order chi connectivity index (χ0) is 33.0. The number of halogens is 2. The molecule has 8 nitrogen and oxygen atoms in total. The number of nitrogens with zero attached hydrogens (tertiary/aromatic N) is 3. The fraction of sp³-hybridized carbons (Fsp3) is 0.222. The van der Waals surface area contributed by atoms with Crippen LogP contribution in [0.5, 0.6) is 11.5 Å². The highest BCUT2D eigenvalue weighted by Gasteiger charge is 2.19. The second-order valence-electron chi connectivity index (χ2n) is 11.1. The molecule has 0 spiro atoms. The summed E-state index contributed by atoms with van der Waals surface area (Å²) in [5, 5.41) is 8.20. The zero-order valence-electron chi connectivity index (χ0n) is 26.2. The lowest BCUT2D eigenvalue weighted by Gasteiger charge is -2.18. The molecule has 1 N–H and O–H groups in total. The summed E-state index contributed by atoms with van der Waals surface area (Å²) >= 11 is 13.1. The Morgan fingerprint density at radius 2 is 1.67 bits per heavy atom. The van der Waals surface area contributed by atoms with Crippen LogP contribution in [0, 0.1) is 13.8 Å². The van der Waals surface area contributed by atoms with Crippen molar-refractivity contribution < 1.29 is 14.3 Å². The van der Waals surface area contributed by atoms with Crippen LogP contribution < -0.4 is 20.3 Å². The first kappa shape index (κ1) is 32.7. The van der Waals surface area contributed by atoms with Gasteiger partial charge in [-0.3, -0.25) is 9.59 Å². The summed E-state index contributed by atoms with van der Waals surface area (Å²) in [6.45, 7) is 10.2. The number of aryl methyl sites for hydroxylation is 2. The van der Waals surface area contributed by atoms with Crippen molar-refractivity contribution in [2.24, 2.45) is 5.10 Å². The van der Waals surface area contributed by atoms with E-state index in [-0.39, 0.29) is 39.8 Å². The average Bonchev–Trinajstić information content (AvgIpc) is 3.01. The highest BCUT2D eigenvalue weighted by atomic mass is 35.5. The number of amides is 1. The molecular formula is C36H34Cl2N4O4. The van der Waals surface area contributed by atoms with Gasteiger partial charge in [0.1, 0.15) is 5.75 Å². The zero-order valence-corrected chi connectivity index (χ0v) is 27.7. The molecule has 236 valence electrons. The van der Waals surface area contributed by atoms with Crippen molar-refractivity contribution in [1.82, 2.24) is 9.66 Å². The predicted octanol–water partition coefficient (Wildman–Crippen LogP) is 8.41. The van der Waals surface area contributed by atoms with Gasteiger partial charge >= 0.3 is 0 Å². The summed E-state index contributed by atoms with van der Waals surface area (Å²) in [7, 11) is 0. The normalized spacial score (nSPS) is 11.4. The number of hydrogen-bond donors (Lipinski definition) is 1. The molecule has 46 heavy (non-hydrogen) atoms. The Hall–Kier alpha value is -4.66. The van der Waals surface area contributed by atoms with Gasteiger partial charge in [0.05, 0.1) is 33.8 Å². The van der Waals surface area contributed by atoms with E-state index in [2.05, 4.69) is 24.3 Å². The number of carbonyl (C=O) groups excluding carboxylic acids is 1. The van der Waals surface area contributed by atoms with Gasteiger partial charge < -0.3 is 14.8 Å². The minimum absolute atomic E-state index is 0.164. The molecule has 0 radical (unpaired) electrons. The van der Waals surface area contributed by atoms with E-state index in [1.807, 2.05) is 63.2 Å². The van der Waals surface area contributed by atoms with E-state index in [9.17, 15) is 9.59 Å². The number of hydrogen-bond acceptors (Lipinski definition) is 6. The van der Waals surface area contributed by atoms with Gasteiger partial charge in [-0.2, -0.15) is 9.78 Å². The van der Waals surface area contributed by atoms with Crippen molar-refractivity contribution in [1.29, 1.82) is 0 Å². The van der Waals surface area contributed by atoms with E-state index in [1.54, 1.807) is 30.3 Å². The molecule has 1 amide bonds. The van der Waals surface area contributed by atoms with Gasteiger partial charge in [-0.05, 0) is 91.4 Å². The molecule has 0 aliphatic carbocycles. The lowest BCUT2D eigenvalue weighted by atomic mass is 9.96. The van der Waals surface area contributed by atoms with Crippen LogP contribution in [0.1, 0.15) is 48.9 Å². The standard InChI is InChI=1S/C36H34Cl2N4O4/c1-6-45-32-15-23(5)27(18-26(32)21(2)3)35-41-31-14-10-8-12-25(31)36(44)42(35)39-19-24-16-28(37)34(29(38)17-24)46-20-33(43)40-30-13-9-7-11-22(30)4/h7-19,21H,6,20H2,1-5H3,(H,40,43). The molecule has 0 bridgehead atoms. The van der Waals surface area contributed by atoms with E-state index in [1.165, 1.54) is 10.9 Å². The Kier molecular flexibility index (Phi) is 10.1. The summed E-state index contributed by atoms with van der Waals surface area (Å²) in [4.78, 5) is 31.2. The lowest BCUT2D eigenvalue weighted by Crippen LogP contribution is -2.21. The van der Waals surface area contributed by atoms with Gasteiger partial charge in [0.25, 0.3) is 11.5 Å². The van der Waals surface area contributed by atoms with Gasteiger partial charge in [0.15, 0.2) is 18.2 Å². The van der Waals surface area contributed by atoms with Crippen LogP contribution in [0.4, 0.5) is 5.69 Å². The fourth-order valence-electron chi connectivity index (χ4n) is 5.03. The van der Waals surface area contributed by atoms with Crippen LogP contribution >= 0.6 is 23.2 Å². The summed E-state index contributed by atoms with van der Waals surface area (Å²) in [5.41, 5.74) is 5.02. The van der Waals surface area contributed by atoms with E-state index >= 15 is 0 Å². The topological polar surface area (TPSA) is 94.8 Å². The summed E-state index contributed by atoms with van der Waals surface area (Å²) in [6.07, 6.45) is 1.49. The molecule has 0 atom stereocenters. The third-order valence-corrected chi connectivity index (χ3v) is 7.94. The highest BCUT2D eigenvalue weighted by Crippen LogP contribution is 2.35. The molecule has 0 unspecified atom stereocenters. The van der Waals surface area contributed by atoms with Crippen molar-refractivity contribution in [3.63, 3.8) is 0 Å². The third kappa shape index (κ3) is 7.09. The Balaban J connectivity index is 1.49. The van der Waals surface area contributed by atoms with Crippen LogP contribution in [0.2, 0.25) is 10.0 Å². The number of para-hydroxylation sites is 2. The second kappa shape index (κ2) is 14.2. The molecule has 5 rings (SSSR count). The van der Waals surface area contributed by atoms with Crippen molar-refractivity contribution in [3.8, 4) is 22.9 Å². The maximum Gasteiger partial charge on any atom is 0.282 e. The first-order chi connectivity index (χ1) is 22.1. The quantitative estimate of drug-likeness (QED) is 0.152. The van der Waals surface area contributed by atoms with Gasteiger partial charge in [-0.25, -0.2) is 4.98 Å². The van der Waals surface area contributed by atoms with Crippen molar-refractivity contribution in [2.45, 2.75) is 40.5 Å². The molecule has 0 aliphatic heterocycles. The van der Waals surface area contributed by atoms with Crippen molar-refractivity contribution >= 4 is 51.9 Å². The predicted molar refractivity (Wildman–Crippen MR) is 186 cm³/mol. The van der Waals surface area contributed by atoms with Crippen LogP contribution in [-0.4, -0.2) is 35.0 Å². The molecule has 10 heteroatoms. The van der Waals surface area contributed by atoms with E-state index in [0.29, 0.717) is 34.6 Å². The van der Waals surface area contributed by atoms with Crippen LogP contribution in [0.25, 0.3) is 22.3 Å². The smallest absolute Gasteiger partial charge is 0.282 e. The lowest BCUT2D eigenvalue weighted by molar-refractivity contribution is -0.118. The average molecular weight is 658 g/mol. The van der Waals surface area contributed by atoms with Gasteiger partial charge in [0.2, 0.25) is 0 Å². The Morgan fingerprint density at radius 1 is 0.978 bits per heavy atom. The number of ether oxygens (including phenoxy) is 2. The minimum Gasteiger partial charge on any atom is -0.494 e. The number of benzene rings is 4. The Bertz CT molecular complexity index is 2000. The summed E-state index contributed by atoms with van der Waals surface area (Å²) in [5.74, 6) is 1.17. The maximum atomic E-state index is 13.8. The van der Waals surface area contributed by atoms with Gasteiger partial charge in [-0.15, -0.1) is 0 Å². The van der Waals surface area contributed by atoms with Crippen molar-refractivity contribution in [3.05, 3.63) is 115 Å². The number of rotatable bonds is 10. The number of aromatic nitrogens is 2. The Morgan fingerprint density at radius 3 is 2.37 bits per heavy atom. The first-order valence-electron chi connectivity index (χ1n) is 14.9. The largest absolute Gasteiger partial charge is 0.494 e. The van der Waals surface area contributed by atoms with Crippen LogP contribution in [0.3, 0.4) is 0 Å².